The Morgan fingerprint density at radius 3 is 2.55 bits per heavy atom. The van der Waals surface area contributed by atoms with Crippen molar-refractivity contribution in [2.75, 3.05) is 11.1 Å². The number of anilines is 2. The minimum atomic E-state index is 0.329. The highest BCUT2D eigenvalue weighted by Crippen LogP contribution is 2.33. The van der Waals surface area contributed by atoms with Gasteiger partial charge in [-0.25, -0.2) is 4.98 Å². The predicted molar refractivity (Wildman–Crippen MR) is 91.4 cm³/mol. The molecule has 0 radical (unpaired) electrons. The number of nitrogens with one attached hydrogen (secondary N) is 1. The molecule has 112 valence electrons. The van der Waals surface area contributed by atoms with Gasteiger partial charge in [-0.05, 0) is 55.6 Å². The van der Waals surface area contributed by atoms with E-state index in [-0.39, 0.29) is 0 Å². The molecule has 0 spiro atoms. The van der Waals surface area contributed by atoms with Gasteiger partial charge < -0.3 is 15.8 Å². The summed E-state index contributed by atoms with van der Waals surface area (Å²) in [5.41, 5.74) is 7.44. The van der Waals surface area contributed by atoms with Gasteiger partial charge in [0.2, 0.25) is 5.88 Å². The second kappa shape index (κ2) is 5.93. The van der Waals surface area contributed by atoms with Crippen LogP contribution in [0.3, 0.4) is 0 Å². The molecule has 3 aromatic rings. The Morgan fingerprint density at radius 1 is 1.05 bits per heavy atom. The van der Waals surface area contributed by atoms with Gasteiger partial charge in [0.1, 0.15) is 5.75 Å². The molecule has 22 heavy (non-hydrogen) atoms. The van der Waals surface area contributed by atoms with E-state index in [0.29, 0.717) is 23.4 Å². The topological polar surface area (TPSA) is 60.2 Å². The lowest BCUT2D eigenvalue weighted by Crippen LogP contribution is -2.10. The number of nitrogen functional groups attached to an aromatic ring is 1. The van der Waals surface area contributed by atoms with E-state index in [4.69, 9.17) is 10.5 Å². The van der Waals surface area contributed by atoms with Crippen LogP contribution in [0.25, 0.3) is 10.8 Å². The molecule has 0 saturated carbocycles. The first-order valence-corrected chi connectivity index (χ1v) is 7.31. The summed E-state index contributed by atoms with van der Waals surface area (Å²) in [5.74, 6) is 1.31. The molecule has 0 unspecified atom stereocenters. The monoisotopic (exact) mass is 293 g/mol. The molecule has 0 aliphatic heterocycles. The van der Waals surface area contributed by atoms with E-state index in [1.165, 1.54) is 0 Å². The third kappa shape index (κ3) is 2.96. The van der Waals surface area contributed by atoms with Gasteiger partial charge in [0, 0.05) is 23.6 Å². The quantitative estimate of drug-likeness (QED) is 0.699. The van der Waals surface area contributed by atoms with E-state index >= 15 is 0 Å². The predicted octanol–water partition coefficient (Wildman–Crippen LogP) is 4.43. The van der Waals surface area contributed by atoms with Gasteiger partial charge in [0.25, 0.3) is 0 Å². The lowest BCUT2D eigenvalue weighted by atomic mass is 10.1. The van der Waals surface area contributed by atoms with Crippen LogP contribution in [0.4, 0.5) is 11.4 Å². The summed E-state index contributed by atoms with van der Waals surface area (Å²) in [4.78, 5) is 4.40. The van der Waals surface area contributed by atoms with Crippen LogP contribution in [0.15, 0.2) is 54.7 Å². The summed E-state index contributed by atoms with van der Waals surface area (Å²) >= 11 is 0. The number of ether oxygens (including phenoxy) is 1. The van der Waals surface area contributed by atoms with Crippen LogP contribution in [0.5, 0.6) is 11.6 Å². The number of benzene rings is 2. The summed E-state index contributed by atoms with van der Waals surface area (Å²) in [6.45, 7) is 4.21. The highest BCUT2D eigenvalue weighted by Gasteiger charge is 2.10. The SMILES string of the molecule is CC(C)Nc1cccc2ccnc(Oc3ccc(N)cc3)c12. The van der Waals surface area contributed by atoms with Crippen molar-refractivity contribution in [1.82, 2.24) is 4.98 Å². The van der Waals surface area contributed by atoms with Gasteiger partial charge in [0.15, 0.2) is 0 Å². The fraction of sp³-hybridized carbons (Fsp3) is 0.167. The average Bonchev–Trinajstić information content (AvgIpc) is 2.49. The number of nitrogens with two attached hydrogens (primary N) is 1. The molecule has 3 rings (SSSR count). The first-order valence-electron chi connectivity index (χ1n) is 7.31. The van der Waals surface area contributed by atoms with Crippen LogP contribution in [-0.2, 0) is 0 Å². The fourth-order valence-corrected chi connectivity index (χ4v) is 2.35. The van der Waals surface area contributed by atoms with Crippen LogP contribution >= 0.6 is 0 Å². The van der Waals surface area contributed by atoms with Gasteiger partial charge in [-0.3, -0.25) is 0 Å². The summed E-state index contributed by atoms with van der Waals surface area (Å²) in [5, 5.41) is 5.51. The minimum Gasteiger partial charge on any atom is -0.438 e. The van der Waals surface area contributed by atoms with Crippen molar-refractivity contribution in [3.63, 3.8) is 0 Å². The Balaban J connectivity index is 2.06. The average molecular weight is 293 g/mol. The highest BCUT2D eigenvalue weighted by molar-refractivity contribution is 5.97. The zero-order valence-electron chi connectivity index (χ0n) is 12.7. The van der Waals surface area contributed by atoms with Crippen molar-refractivity contribution in [3.8, 4) is 11.6 Å². The molecule has 3 N–H and O–H groups in total. The minimum absolute atomic E-state index is 0.329. The lowest BCUT2D eigenvalue weighted by Gasteiger charge is -2.15. The van der Waals surface area contributed by atoms with Crippen LogP contribution in [0, 0.1) is 0 Å². The lowest BCUT2D eigenvalue weighted by molar-refractivity contribution is 0.469. The molecular formula is C18H19N3O. The number of nitrogens with zero attached hydrogens (tertiary/aromatic N) is 1. The number of pyridine rings is 1. The molecule has 0 fully saturated rings. The second-order valence-electron chi connectivity index (χ2n) is 5.49. The molecule has 4 nitrogen and oxygen atoms in total. The van der Waals surface area contributed by atoms with Crippen LogP contribution in [0.2, 0.25) is 0 Å². The fourth-order valence-electron chi connectivity index (χ4n) is 2.35. The van der Waals surface area contributed by atoms with Crippen molar-refractivity contribution < 1.29 is 4.74 Å². The third-order valence-electron chi connectivity index (χ3n) is 3.30. The number of fused-ring (bicyclic) bond motifs is 1. The number of rotatable bonds is 4. The van der Waals surface area contributed by atoms with E-state index in [1.807, 2.05) is 42.5 Å². The first-order chi connectivity index (χ1) is 10.6. The molecule has 0 aliphatic rings. The summed E-state index contributed by atoms with van der Waals surface area (Å²) in [6.07, 6.45) is 1.76. The maximum atomic E-state index is 5.96. The van der Waals surface area contributed by atoms with E-state index in [0.717, 1.165) is 16.5 Å². The van der Waals surface area contributed by atoms with E-state index in [9.17, 15) is 0 Å². The summed E-state index contributed by atoms with van der Waals surface area (Å²) in [6, 6.07) is 15.7. The Hall–Kier alpha value is -2.75. The van der Waals surface area contributed by atoms with Crippen LogP contribution in [-0.4, -0.2) is 11.0 Å². The normalized spacial score (nSPS) is 10.9. The molecule has 0 atom stereocenters. The zero-order chi connectivity index (χ0) is 15.5. The summed E-state index contributed by atoms with van der Waals surface area (Å²) in [7, 11) is 0. The van der Waals surface area contributed by atoms with Crippen molar-refractivity contribution in [3.05, 3.63) is 54.7 Å². The molecule has 0 amide bonds. The maximum Gasteiger partial charge on any atom is 0.229 e. The molecule has 0 saturated heterocycles. The van der Waals surface area contributed by atoms with Crippen molar-refractivity contribution in [1.29, 1.82) is 0 Å². The van der Waals surface area contributed by atoms with Gasteiger partial charge in [-0.2, -0.15) is 0 Å². The first kappa shape index (κ1) is 14.2. The summed E-state index contributed by atoms with van der Waals surface area (Å²) < 4.78 is 5.96. The molecule has 4 heteroatoms. The molecule has 0 bridgehead atoms. The Morgan fingerprint density at radius 2 is 1.82 bits per heavy atom. The Labute approximate surface area is 129 Å². The third-order valence-corrected chi connectivity index (χ3v) is 3.30. The highest BCUT2D eigenvalue weighted by atomic mass is 16.5. The van der Waals surface area contributed by atoms with Gasteiger partial charge in [0.05, 0.1) is 5.39 Å². The number of hydrogen-bond donors (Lipinski definition) is 2. The van der Waals surface area contributed by atoms with Crippen LogP contribution < -0.4 is 15.8 Å². The Bertz CT molecular complexity index is 777. The molecule has 0 aliphatic carbocycles. The molecule has 1 heterocycles. The van der Waals surface area contributed by atoms with E-state index in [1.54, 1.807) is 6.20 Å². The molecular weight excluding hydrogens is 274 g/mol. The smallest absolute Gasteiger partial charge is 0.229 e. The van der Waals surface area contributed by atoms with Gasteiger partial charge in [-0.15, -0.1) is 0 Å². The van der Waals surface area contributed by atoms with Crippen molar-refractivity contribution in [2.24, 2.45) is 0 Å². The number of hydrogen-bond acceptors (Lipinski definition) is 4. The van der Waals surface area contributed by atoms with Gasteiger partial charge >= 0.3 is 0 Å². The Kier molecular flexibility index (Phi) is 3.83. The maximum absolute atomic E-state index is 5.96. The largest absolute Gasteiger partial charge is 0.438 e. The van der Waals surface area contributed by atoms with E-state index in [2.05, 4.69) is 30.2 Å². The second-order valence-corrected chi connectivity index (χ2v) is 5.49. The van der Waals surface area contributed by atoms with Crippen molar-refractivity contribution in [2.45, 2.75) is 19.9 Å². The number of aromatic nitrogens is 1. The van der Waals surface area contributed by atoms with Crippen LogP contribution in [0.1, 0.15) is 13.8 Å². The zero-order valence-corrected chi connectivity index (χ0v) is 12.7. The van der Waals surface area contributed by atoms with Crippen molar-refractivity contribution >= 4 is 22.1 Å². The van der Waals surface area contributed by atoms with E-state index < -0.39 is 0 Å². The molecule has 2 aromatic carbocycles. The standard InChI is InChI=1S/C18H19N3O/c1-12(2)21-16-5-3-4-13-10-11-20-18(17(13)16)22-15-8-6-14(19)7-9-15/h3-12,21H,19H2,1-2H3. The molecule has 1 aromatic heterocycles. The van der Waals surface area contributed by atoms with Gasteiger partial charge in [-0.1, -0.05) is 12.1 Å².